The first-order valence-corrected chi connectivity index (χ1v) is 5.17. The summed E-state index contributed by atoms with van der Waals surface area (Å²) < 4.78 is 1.99. The van der Waals surface area contributed by atoms with Gasteiger partial charge in [0.15, 0.2) is 0 Å². The lowest BCUT2D eigenvalue weighted by atomic mass is 10.1. The lowest BCUT2D eigenvalue weighted by Crippen LogP contribution is -2.06. The molecule has 1 aromatic carbocycles. The number of nitrogens with one attached hydrogen (secondary N) is 1. The molecular weight excluding hydrogens is 186 g/mol. The van der Waals surface area contributed by atoms with Crippen LogP contribution in [-0.4, -0.2) is 9.78 Å². The summed E-state index contributed by atoms with van der Waals surface area (Å²) in [5.41, 5.74) is 5.04. The maximum absolute atomic E-state index is 4.52. The van der Waals surface area contributed by atoms with Gasteiger partial charge >= 0.3 is 0 Å². The molecule has 3 heteroatoms. The summed E-state index contributed by atoms with van der Waals surface area (Å²) in [6.07, 6.45) is 0. The highest BCUT2D eigenvalue weighted by atomic mass is 15.3. The van der Waals surface area contributed by atoms with Crippen LogP contribution in [0.4, 0.5) is 0 Å². The molecule has 0 unspecified atom stereocenters. The van der Waals surface area contributed by atoms with E-state index in [1.807, 2.05) is 17.8 Å². The van der Waals surface area contributed by atoms with Crippen molar-refractivity contribution < 1.29 is 0 Å². The zero-order valence-electron chi connectivity index (χ0n) is 8.70. The molecule has 0 bridgehead atoms. The molecule has 1 aliphatic heterocycles. The SMILES string of the molecule is Cn1nc2c(c1-c1ccccc1)CNC2. The minimum atomic E-state index is 0.899. The van der Waals surface area contributed by atoms with Gasteiger partial charge in [0.2, 0.25) is 0 Å². The average Bonchev–Trinajstić information content (AvgIpc) is 2.78. The van der Waals surface area contributed by atoms with E-state index in [1.54, 1.807) is 0 Å². The number of hydrogen-bond acceptors (Lipinski definition) is 2. The molecule has 1 aromatic heterocycles. The molecule has 0 spiro atoms. The second-order valence-electron chi connectivity index (χ2n) is 3.87. The number of benzene rings is 1. The van der Waals surface area contributed by atoms with Crippen LogP contribution in [0.3, 0.4) is 0 Å². The highest BCUT2D eigenvalue weighted by molar-refractivity contribution is 5.65. The van der Waals surface area contributed by atoms with Crippen LogP contribution in [0.5, 0.6) is 0 Å². The van der Waals surface area contributed by atoms with Crippen molar-refractivity contribution in [1.29, 1.82) is 0 Å². The average molecular weight is 199 g/mol. The van der Waals surface area contributed by atoms with E-state index >= 15 is 0 Å². The third-order valence-corrected chi connectivity index (χ3v) is 2.87. The largest absolute Gasteiger partial charge is 0.307 e. The molecule has 0 amide bonds. The van der Waals surface area contributed by atoms with Gasteiger partial charge in [-0.15, -0.1) is 0 Å². The first-order valence-electron chi connectivity index (χ1n) is 5.17. The van der Waals surface area contributed by atoms with Crippen LogP contribution in [0.2, 0.25) is 0 Å². The van der Waals surface area contributed by atoms with E-state index in [-0.39, 0.29) is 0 Å². The van der Waals surface area contributed by atoms with Crippen molar-refractivity contribution >= 4 is 0 Å². The quantitative estimate of drug-likeness (QED) is 0.757. The fraction of sp³-hybridized carbons (Fsp3) is 0.250. The zero-order valence-corrected chi connectivity index (χ0v) is 8.70. The van der Waals surface area contributed by atoms with Crippen LogP contribution in [0.1, 0.15) is 11.3 Å². The van der Waals surface area contributed by atoms with Gasteiger partial charge in [-0.05, 0) is 0 Å². The Balaban J connectivity index is 2.20. The molecule has 1 aliphatic rings. The Kier molecular flexibility index (Phi) is 1.86. The van der Waals surface area contributed by atoms with Gasteiger partial charge in [0.25, 0.3) is 0 Å². The van der Waals surface area contributed by atoms with E-state index < -0.39 is 0 Å². The Bertz CT molecular complexity index is 485. The predicted molar refractivity (Wildman–Crippen MR) is 59.2 cm³/mol. The Morgan fingerprint density at radius 2 is 2.00 bits per heavy atom. The maximum Gasteiger partial charge on any atom is 0.0814 e. The van der Waals surface area contributed by atoms with Gasteiger partial charge in [-0.3, -0.25) is 4.68 Å². The lowest BCUT2D eigenvalue weighted by Gasteiger charge is -2.04. The Hall–Kier alpha value is -1.61. The molecule has 0 aliphatic carbocycles. The van der Waals surface area contributed by atoms with Gasteiger partial charge in [-0.1, -0.05) is 30.3 Å². The number of hydrogen-bond donors (Lipinski definition) is 1. The van der Waals surface area contributed by atoms with E-state index in [0.717, 1.165) is 13.1 Å². The molecule has 15 heavy (non-hydrogen) atoms. The van der Waals surface area contributed by atoms with Crippen LogP contribution >= 0.6 is 0 Å². The van der Waals surface area contributed by atoms with Gasteiger partial charge in [0, 0.05) is 31.3 Å². The van der Waals surface area contributed by atoms with Crippen molar-refractivity contribution in [3.05, 3.63) is 41.6 Å². The highest BCUT2D eigenvalue weighted by Crippen LogP contribution is 2.28. The van der Waals surface area contributed by atoms with Crippen LogP contribution in [-0.2, 0) is 20.1 Å². The van der Waals surface area contributed by atoms with Gasteiger partial charge in [-0.2, -0.15) is 5.10 Å². The van der Waals surface area contributed by atoms with Crippen molar-refractivity contribution in [3.8, 4) is 11.3 Å². The zero-order chi connectivity index (χ0) is 10.3. The number of rotatable bonds is 1. The van der Waals surface area contributed by atoms with E-state index in [2.05, 4.69) is 34.7 Å². The molecule has 0 radical (unpaired) electrons. The molecular formula is C12H13N3. The highest BCUT2D eigenvalue weighted by Gasteiger charge is 2.20. The van der Waals surface area contributed by atoms with Crippen molar-refractivity contribution in [2.75, 3.05) is 0 Å². The van der Waals surface area contributed by atoms with Gasteiger partial charge in [0.05, 0.1) is 11.4 Å². The maximum atomic E-state index is 4.52. The Morgan fingerprint density at radius 3 is 2.80 bits per heavy atom. The lowest BCUT2D eigenvalue weighted by molar-refractivity contribution is 0.693. The topological polar surface area (TPSA) is 29.9 Å². The molecule has 3 nitrogen and oxygen atoms in total. The molecule has 0 saturated carbocycles. The summed E-state index contributed by atoms with van der Waals surface area (Å²) in [6.45, 7) is 1.84. The minimum absolute atomic E-state index is 0.899. The normalized spacial score (nSPS) is 14.2. The monoisotopic (exact) mass is 199 g/mol. The number of aromatic nitrogens is 2. The third kappa shape index (κ3) is 1.27. The van der Waals surface area contributed by atoms with Crippen LogP contribution in [0, 0.1) is 0 Å². The van der Waals surface area contributed by atoms with Crippen molar-refractivity contribution in [1.82, 2.24) is 15.1 Å². The Morgan fingerprint density at radius 1 is 1.20 bits per heavy atom. The van der Waals surface area contributed by atoms with Crippen LogP contribution in [0.15, 0.2) is 30.3 Å². The summed E-state index contributed by atoms with van der Waals surface area (Å²) in [4.78, 5) is 0. The summed E-state index contributed by atoms with van der Waals surface area (Å²) in [7, 11) is 2.01. The molecule has 0 fully saturated rings. The fourth-order valence-electron chi connectivity index (χ4n) is 2.21. The molecule has 0 saturated heterocycles. The van der Waals surface area contributed by atoms with E-state index in [1.165, 1.54) is 22.5 Å². The van der Waals surface area contributed by atoms with Crippen molar-refractivity contribution in [2.45, 2.75) is 13.1 Å². The number of fused-ring (bicyclic) bond motifs is 1. The third-order valence-electron chi connectivity index (χ3n) is 2.87. The summed E-state index contributed by atoms with van der Waals surface area (Å²) >= 11 is 0. The molecule has 0 atom stereocenters. The first kappa shape index (κ1) is 8.68. The van der Waals surface area contributed by atoms with E-state index in [9.17, 15) is 0 Å². The molecule has 76 valence electrons. The molecule has 2 aromatic rings. The van der Waals surface area contributed by atoms with E-state index in [4.69, 9.17) is 0 Å². The van der Waals surface area contributed by atoms with E-state index in [0.29, 0.717) is 0 Å². The van der Waals surface area contributed by atoms with Crippen molar-refractivity contribution in [2.24, 2.45) is 7.05 Å². The molecule has 1 N–H and O–H groups in total. The standard InChI is InChI=1S/C12H13N3/c1-15-12(9-5-3-2-4-6-9)10-7-13-8-11(10)14-15/h2-6,13H,7-8H2,1H3. The van der Waals surface area contributed by atoms with Crippen LogP contribution < -0.4 is 5.32 Å². The number of nitrogens with zero attached hydrogens (tertiary/aromatic N) is 2. The molecule has 3 rings (SSSR count). The summed E-state index contributed by atoms with van der Waals surface area (Å²) in [5.74, 6) is 0. The first-order chi connectivity index (χ1) is 7.36. The molecule has 2 heterocycles. The number of aryl methyl sites for hydroxylation is 1. The van der Waals surface area contributed by atoms with Gasteiger partial charge in [0.1, 0.15) is 0 Å². The summed E-state index contributed by atoms with van der Waals surface area (Å²) in [5, 5.41) is 7.85. The van der Waals surface area contributed by atoms with Gasteiger partial charge < -0.3 is 5.32 Å². The fourth-order valence-corrected chi connectivity index (χ4v) is 2.21. The smallest absolute Gasteiger partial charge is 0.0814 e. The minimum Gasteiger partial charge on any atom is -0.307 e. The predicted octanol–water partition coefficient (Wildman–Crippen LogP) is 1.69. The second kappa shape index (κ2) is 3.21. The summed E-state index contributed by atoms with van der Waals surface area (Å²) in [6, 6.07) is 10.4. The van der Waals surface area contributed by atoms with Gasteiger partial charge in [-0.25, -0.2) is 0 Å². The Labute approximate surface area is 88.7 Å². The van der Waals surface area contributed by atoms with Crippen LogP contribution in [0.25, 0.3) is 11.3 Å². The second-order valence-corrected chi connectivity index (χ2v) is 3.87. The van der Waals surface area contributed by atoms with Crippen molar-refractivity contribution in [3.63, 3.8) is 0 Å².